The van der Waals surface area contributed by atoms with Crippen molar-refractivity contribution in [2.24, 2.45) is 5.10 Å². The van der Waals surface area contributed by atoms with E-state index in [0.29, 0.717) is 5.57 Å². The van der Waals surface area contributed by atoms with Crippen molar-refractivity contribution >= 4 is 11.6 Å². The van der Waals surface area contributed by atoms with Gasteiger partial charge in [-0.05, 0) is 30.7 Å². The molecule has 0 N–H and O–H groups in total. The summed E-state index contributed by atoms with van der Waals surface area (Å²) in [6.45, 7) is 1.84. The molecule has 0 unspecified atom stereocenters. The molecule has 4 nitrogen and oxygen atoms in total. The predicted molar refractivity (Wildman–Crippen MR) is 68.1 cm³/mol. The fourth-order valence-corrected chi connectivity index (χ4v) is 1.65. The molecule has 1 amide bonds. The summed E-state index contributed by atoms with van der Waals surface area (Å²) in [5.74, 6) is -0.0553. The molecule has 0 aromatic heterocycles. The second-order valence-electron chi connectivity index (χ2n) is 4.06. The summed E-state index contributed by atoms with van der Waals surface area (Å²) in [6.07, 6.45) is 11.7. The van der Waals surface area contributed by atoms with Gasteiger partial charge in [-0.15, -0.1) is 0 Å². The Hall–Kier alpha value is -2.10. The highest BCUT2D eigenvalue weighted by Gasteiger charge is 2.23. The summed E-state index contributed by atoms with van der Waals surface area (Å²) in [7, 11) is 3.63. The lowest BCUT2D eigenvalue weighted by atomic mass is 10.1. The van der Waals surface area contributed by atoms with Crippen LogP contribution in [0.25, 0.3) is 0 Å². The first-order chi connectivity index (χ1) is 8.08. The molecule has 2 rings (SSSR count). The van der Waals surface area contributed by atoms with Gasteiger partial charge in [-0.2, -0.15) is 5.10 Å². The minimum atomic E-state index is -0.0553. The average Bonchev–Trinajstić information content (AvgIpc) is 2.54. The molecule has 2 aliphatic rings. The summed E-state index contributed by atoms with van der Waals surface area (Å²) in [6, 6.07) is 0. The first-order valence-electron chi connectivity index (χ1n) is 5.42. The lowest BCUT2D eigenvalue weighted by Crippen LogP contribution is -2.16. The van der Waals surface area contributed by atoms with Gasteiger partial charge in [0.2, 0.25) is 0 Å². The molecule has 2 heterocycles. The molecule has 0 aromatic rings. The maximum Gasteiger partial charge on any atom is 0.275 e. The van der Waals surface area contributed by atoms with E-state index in [2.05, 4.69) is 5.10 Å². The molecule has 0 fully saturated rings. The lowest BCUT2D eigenvalue weighted by Gasteiger charge is -2.11. The molecule has 17 heavy (non-hydrogen) atoms. The van der Waals surface area contributed by atoms with Crippen LogP contribution in [0.2, 0.25) is 0 Å². The second-order valence-corrected chi connectivity index (χ2v) is 4.06. The Morgan fingerprint density at radius 2 is 1.82 bits per heavy atom. The normalized spacial score (nSPS) is 21.6. The van der Waals surface area contributed by atoms with Gasteiger partial charge in [-0.1, -0.05) is 6.08 Å². The number of hydrazone groups is 1. The van der Waals surface area contributed by atoms with Crippen molar-refractivity contribution in [3.63, 3.8) is 0 Å². The van der Waals surface area contributed by atoms with Crippen molar-refractivity contribution in [2.75, 3.05) is 14.1 Å². The molecule has 0 saturated heterocycles. The van der Waals surface area contributed by atoms with Crippen molar-refractivity contribution in [1.29, 1.82) is 0 Å². The van der Waals surface area contributed by atoms with E-state index >= 15 is 0 Å². The number of carbonyl (C=O) groups excluding carboxylic acids is 1. The minimum Gasteiger partial charge on any atom is -0.357 e. The highest BCUT2D eigenvalue weighted by atomic mass is 16.2. The Balaban J connectivity index is 2.20. The first kappa shape index (κ1) is 11.4. The molecule has 2 aliphatic heterocycles. The van der Waals surface area contributed by atoms with E-state index in [4.69, 9.17) is 0 Å². The van der Waals surface area contributed by atoms with E-state index in [1.54, 1.807) is 7.05 Å². The Morgan fingerprint density at radius 3 is 2.35 bits per heavy atom. The third-order valence-electron chi connectivity index (χ3n) is 2.66. The molecule has 0 aliphatic carbocycles. The van der Waals surface area contributed by atoms with Crippen LogP contribution < -0.4 is 0 Å². The highest BCUT2D eigenvalue weighted by Crippen LogP contribution is 2.14. The summed E-state index contributed by atoms with van der Waals surface area (Å²) in [5.41, 5.74) is 2.47. The monoisotopic (exact) mass is 229 g/mol. The zero-order valence-electron chi connectivity index (χ0n) is 10.2. The summed E-state index contributed by atoms with van der Waals surface area (Å²) >= 11 is 0. The van der Waals surface area contributed by atoms with Gasteiger partial charge in [-0.25, -0.2) is 5.01 Å². The third-order valence-corrected chi connectivity index (χ3v) is 2.66. The van der Waals surface area contributed by atoms with E-state index in [1.165, 1.54) is 5.01 Å². The van der Waals surface area contributed by atoms with Gasteiger partial charge in [0.05, 0.1) is 11.3 Å². The number of amides is 1. The number of hydrogen-bond donors (Lipinski definition) is 0. The quantitative estimate of drug-likeness (QED) is 0.641. The smallest absolute Gasteiger partial charge is 0.275 e. The van der Waals surface area contributed by atoms with Crippen LogP contribution in [0.15, 0.2) is 53.0 Å². The average molecular weight is 229 g/mol. The molecule has 88 valence electrons. The van der Waals surface area contributed by atoms with Gasteiger partial charge >= 0.3 is 0 Å². The zero-order valence-corrected chi connectivity index (χ0v) is 10.2. The number of likely N-dealkylation sites (N-methyl/N-ethyl adjacent to an activating group) is 1. The van der Waals surface area contributed by atoms with Crippen LogP contribution in [0, 0.1) is 0 Å². The molecule has 0 bridgehead atoms. The molecular formula is C13H15N3O. The zero-order chi connectivity index (χ0) is 12.4. The maximum absolute atomic E-state index is 11.7. The largest absolute Gasteiger partial charge is 0.357 e. The lowest BCUT2D eigenvalue weighted by molar-refractivity contribution is -0.124. The van der Waals surface area contributed by atoms with Crippen molar-refractivity contribution in [3.8, 4) is 0 Å². The van der Waals surface area contributed by atoms with Crippen LogP contribution in [0.5, 0.6) is 0 Å². The third kappa shape index (κ3) is 2.36. The number of allylic oxidation sites excluding steroid dienone is 5. The molecule has 4 heteroatoms. The van der Waals surface area contributed by atoms with Crippen molar-refractivity contribution in [1.82, 2.24) is 9.91 Å². The Bertz CT molecular complexity index is 479. The number of carbonyl (C=O) groups is 1. The number of rotatable bonds is 1. The summed E-state index contributed by atoms with van der Waals surface area (Å²) in [5, 5.41) is 5.45. The molecule has 0 saturated carbocycles. The molecule has 0 spiro atoms. The van der Waals surface area contributed by atoms with Crippen molar-refractivity contribution in [2.45, 2.75) is 6.92 Å². The first-order valence-corrected chi connectivity index (χ1v) is 5.42. The van der Waals surface area contributed by atoms with E-state index in [0.717, 1.165) is 11.3 Å². The molecule has 0 radical (unpaired) electrons. The van der Waals surface area contributed by atoms with Gasteiger partial charge in [0.15, 0.2) is 0 Å². The van der Waals surface area contributed by atoms with E-state index in [-0.39, 0.29) is 5.91 Å². The Kier molecular flexibility index (Phi) is 2.95. The Morgan fingerprint density at radius 1 is 1.18 bits per heavy atom. The SMILES string of the molecule is CC1=NN(C)C(=O)/C1=C\C=C1C=CN(C)C=C1. The number of nitrogens with zero attached hydrogens (tertiary/aromatic N) is 3. The Labute approximate surface area is 101 Å². The highest BCUT2D eigenvalue weighted by molar-refractivity contribution is 6.23. The van der Waals surface area contributed by atoms with Gasteiger partial charge in [-0.3, -0.25) is 4.79 Å². The molecule has 0 aromatic carbocycles. The second kappa shape index (κ2) is 4.41. The van der Waals surface area contributed by atoms with Crippen molar-refractivity contribution < 1.29 is 4.79 Å². The van der Waals surface area contributed by atoms with Crippen LogP contribution in [-0.2, 0) is 4.79 Å². The van der Waals surface area contributed by atoms with Crippen LogP contribution in [0.3, 0.4) is 0 Å². The van der Waals surface area contributed by atoms with Gasteiger partial charge in [0.1, 0.15) is 0 Å². The van der Waals surface area contributed by atoms with Gasteiger partial charge < -0.3 is 4.90 Å². The van der Waals surface area contributed by atoms with Crippen LogP contribution in [-0.4, -0.2) is 35.6 Å². The fourth-order valence-electron chi connectivity index (χ4n) is 1.65. The van der Waals surface area contributed by atoms with Crippen LogP contribution >= 0.6 is 0 Å². The molecule has 0 atom stereocenters. The van der Waals surface area contributed by atoms with E-state index in [9.17, 15) is 4.79 Å². The van der Waals surface area contributed by atoms with Crippen LogP contribution in [0.4, 0.5) is 0 Å². The van der Waals surface area contributed by atoms with E-state index in [1.807, 2.05) is 55.6 Å². The van der Waals surface area contributed by atoms with Crippen LogP contribution in [0.1, 0.15) is 6.92 Å². The number of hydrogen-bond acceptors (Lipinski definition) is 3. The summed E-state index contributed by atoms with van der Waals surface area (Å²) < 4.78 is 0. The topological polar surface area (TPSA) is 35.9 Å². The van der Waals surface area contributed by atoms with Crippen molar-refractivity contribution in [3.05, 3.63) is 47.9 Å². The van der Waals surface area contributed by atoms with E-state index < -0.39 is 0 Å². The standard InChI is InChI=1S/C13H15N3O/c1-10-12(13(17)16(3)14-10)5-4-11-6-8-15(2)9-7-11/h4-9H,1-3H3/b12-5-. The maximum atomic E-state index is 11.7. The minimum absolute atomic E-state index is 0.0553. The summed E-state index contributed by atoms with van der Waals surface area (Å²) in [4.78, 5) is 13.7. The van der Waals surface area contributed by atoms with Gasteiger partial charge in [0.25, 0.3) is 5.91 Å². The van der Waals surface area contributed by atoms with Gasteiger partial charge in [0, 0.05) is 26.5 Å². The predicted octanol–water partition coefficient (Wildman–Crippen LogP) is 1.66. The fraction of sp³-hybridized carbons (Fsp3) is 0.231. The molecular weight excluding hydrogens is 214 g/mol.